The minimum atomic E-state index is -0.0841. The summed E-state index contributed by atoms with van der Waals surface area (Å²) in [5.41, 5.74) is 3.47. The van der Waals surface area contributed by atoms with E-state index in [0.29, 0.717) is 5.76 Å². The second-order valence-electron chi connectivity index (χ2n) is 4.91. The van der Waals surface area contributed by atoms with E-state index in [4.69, 9.17) is 4.42 Å². The Morgan fingerprint density at radius 3 is 2.74 bits per heavy atom. The number of aliphatic hydroxyl groups excluding tert-OH is 1. The second-order valence-corrected chi connectivity index (χ2v) is 4.91. The molecule has 1 N–H and O–H groups in total. The fraction of sp³-hybridized carbons (Fsp3) is 0.0526. The van der Waals surface area contributed by atoms with Crippen LogP contribution in [0.1, 0.15) is 11.1 Å². The van der Waals surface area contributed by atoms with Crippen molar-refractivity contribution >= 4 is 18.0 Å². The predicted molar refractivity (Wildman–Crippen MR) is 91.5 cm³/mol. The Morgan fingerprint density at radius 2 is 2.00 bits per heavy atom. The third-order valence-electron chi connectivity index (χ3n) is 3.35. The first-order valence-electron chi connectivity index (χ1n) is 7.25. The van der Waals surface area contributed by atoms with Gasteiger partial charge in [0.2, 0.25) is 0 Å². The van der Waals surface area contributed by atoms with Crippen LogP contribution < -0.4 is 0 Å². The van der Waals surface area contributed by atoms with E-state index in [2.05, 4.69) is 9.98 Å². The highest BCUT2D eigenvalue weighted by molar-refractivity contribution is 5.80. The smallest absolute Gasteiger partial charge is 0.181 e. The summed E-state index contributed by atoms with van der Waals surface area (Å²) in [6.07, 6.45) is 8.60. The molecule has 0 spiro atoms. The summed E-state index contributed by atoms with van der Waals surface area (Å²) in [6.45, 7) is -0.0841. The number of hydrogen-bond acceptors (Lipinski definition) is 4. The van der Waals surface area contributed by atoms with Crippen molar-refractivity contribution in [3.05, 3.63) is 78.3 Å². The molecule has 0 saturated heterocycles. The molecule has 23 heavy (non-hydrogen) atoms. The first kappa shape index (κ1) is 14.9. The lowest BCUT2D eigenvalue weighted by Crippen LogP contribution is -1.88. The molecule has 0 radical (unpaired) electrons. The minimum Gasteiger partial charge on any atom is -0.444 e. The molecule has 1 heterocycles. The van der Waals surface area contributed by atoms with Crippen LogP contribution in [0, 0.1) is 0 Å². The molecule has 3 rings (SSSR count). The van der Waals surface area contributed by atoms with Crippen LogP contribution in [0.4, 0.5) is 5.69 Å². The molecule has 0 fully saturated rings. The molecule has 0 atom stereocenters. The number of aliphatic hydroxyl groups is 1. The standard InChI is InChI=1S/C19H16N2O2/c22-13-16-11-17(8-9-18(16)19-12-20-14-23-19)21-10-4-7-15-5-2-1-3-6-15/h1-12,14,22H,13H2/b7-4+,21-10?. The van der Waals surface area contributed by atoms with Gasteiger partial charge in [-0.15, -0.1) is 0 Å². The third kappa shape index (κ3) is 3.81. The van der Waals surface area contributed by atoms with Crippen LogP contribution >= 0.6 is 0 Å². The summed E-state index contributed by atoms with van der Waals surface area (Å²) >= 11 is 0. The van der Waals surface area contributed by atoms with E-state index in [1.807, 2.05) is 60.7 Å². The number of oxazole rings is 1. The van der Waals surface area contributed by atoms with E-state index in [1.54, 1.807) is 12.4 Å². The number of aliphatic imine (C=N–C) groups is 1. The summed E-state index contributed by atoms with van der Waals surface area (Å²) < 4.78 is 5.28. The van der Waals surface area contributed by atoms with Crippen molar-refractivity contribution < 1.29 is 9.52 Å². The van der Waals surface area contributed by atoms with Gasteiger partial charge in [-0.25, -0.2) is 4.98 Å². The largest absolute Gasteiger partial charge is 0.444 e. The number of nitrogens with zero attached hydrogens (tertiary/aromatic N) is 2. The molecule has 0 amide bonds. The van der Waals surface area contributed by atoms with Crippen molar-refractivity contribution in [1.29, 1.82) is 0 Å². The molecule has 0 unspecified atom stereocenters. The van der Waals surface area contributed by atoms with Crippen LogP contribution in [-0.2, 0) is 6.61 Å². The average Bonchev–Trinajstić information content (AvgIpc) is 3.14. The minimum absolute atomic E-state index is 0.0841. The SMILES string of the molecule is OCc1cc(N=C/C=C/c2ccccc2)ccc1-c1cnco1. The van der Waals surface area contributed by atoms with Gasteiger partial charge in [-0.1, -0.05) is 36.4 Å². The molecule has 0 saturated carbocycles. The van der Waals surface area contributed by atoms with Gasteiger partial charge in [-0.2, -0.15) is 0 Å². The van der Waals surface area contributed by atoms with Crippen LogP contribution in [-0.4, -0.2) is 16.3 Å². The zero-order chi connectivity index (χ0) is 15.9. The first-order valence-corrected chi connectivity index (χ1v) is 7.25. The molecule has 0 bridgehead atoms. The van der Waals surface area contributed by atoms with Crippen LogP contribution in [0.25, 0.3) is 17.4 Å². The molecular weight excluding hydrogens is 288 g/mol. The van der Waals surface area contributed by atoms with Gasteiger partial charge in [0.25, 0.3) is 0 Å². The van der Waals surface area contributed by atoms with Gasteiger partial charge < -0.3 is 9.52 Å². The zero-order valence-corrected chi connectivity index (χ0v) is 12.5. The number of hydrogen-bond donors (Lipinski definition) is 1. The Morgan fingerprint density at radius 1 is 1.13 bits per heavy atom. The lowest BCUT2D eigenvalue weighted by atomic mass is 10.1. The molecule has 0 aliphatic carbocycles. The van der Waals surface area contributed by atoms with Crippen molar-refractivity contribution in [2.75, 3.05) is 0 Å². The monoisotopic (exact) mass is 304 g/mol. The maximum absolute atomic E-state index is 9.53. The van der Waals surface area contributed by atoms with E-state index in [0.717, 1.165) is 22.4 Å². The van der Waals surface area contributed by atoms with Gasteiger partial charge in [0.05, 0.1) is 18.5 Å². The fourth-order valence-electron chi connectivity index (χ4n) is 2.23. The van der Waals surface area contributed by atoms with E-state index < -0.39 is 0 Å². The average molecular weight is 304 g/mol. The highest BCUT2D eigenvalue weighted by Crippen LogP contribution is 2.27. The van der Waals surface area contributed by atoms with Crippen LogP contribution in [0.2, 0.25) is 0 Å². The van der Waals surface area contributed by atoms with Gasteiger partial charge in [0, 0.05) is 11.8 Å². The molecule has 4 nitrogen and oxygen atoms in total. The first-order chi connectivity index (χ1) is 11.4. The van der Waals surface area contributed by atoms with E-state index in [1.165, 1.54) is 6.39 Å². The van der Waals surface area contributed by atoms with Gasteiger partial charge in [-0.05, 0) is 35.4 Å². The molecule has 0 aliphatic heterocycles. The van der Waals surface area contributed by atoms with Crippen molar-refractivity contribution in [1.82, 2.24) is 4.98 Å². The van der Waals surface area contributed by atoms with Crippen molar-refractivity contribution in [2.45, 2.75) is 6.61 Å². The molecule has 114 valence electrons. The van der Waals surface area contributed by atoms with Crippen LogP contribution in [0.15, 0.2) is 76.6 Å². The maximum Gasteiger partial charge on any atom is 0.181 e. The maximum atomic E-state index is 9.53. The zero-order valence-electron chi connectivity index (χ0n) is 12.5. The summed E-state index contributed by atoms with van der Waals surface area (Å²) in [7, 11) is 0. The normalized spacial score (nSPS) is 11.5. The number of aromatic nitrogens is 1. The molecular formula is C19H16N2O2. The fourth-order valence-corrected chi connectivity index (χ4v) is 2.23. The highest BCUT2D eigenvalue weighted by atomic mass is 16.3. The summed E-state index contributed by atoms with van der Waals surface area (Å²) in [5, 5.41) is 9.53. The Balaban J connectivity index is 1.76. The van der Waals surface area contributed by atoms with Crippen LogP contribution in [0.3, 0.4) is 0 Å². The summed E-state index contributed by atoms with van der Waals surface area (Å²) in [5.74, 6) is 0.633. The van der Waals surface area contributed by atoms with E-state index >= 15 is 0 Å². The molecule has 1 aromatic heterocycles. The van der Waals surface area contributed by atoms with E-state index in [9.17, 15) is 5.11 Å². The predicted octanol–water partition coefficient (Wildman–Crippen LogP) is 4.25. The Labute approximate surface area is 134 Å². The van der Waals surface area contributed by atoms with Crippen LogP contribution in [0.5, 0.6) is 0 Å². The third-order valence-corrected chi connectivity index (χ3v) is 3.35. The van der Waals surface area contributed by atoms with Gasteiger partial charge >= 0.3 is 0 Å². The van der Waals surface area contributed by atoms with Gasteiger partial charge in [0.1, 0.15) is 0 Å². The molecule has 2 aromatic carbocycles. The van der Waals surface area contributed by atoms with Crippen molar-refractivity contribution in [3.8, 4) is 11.3 Å². The Hall–Kier alpha value is -2.98. The summed E-state index contributed by atoms with van der Waals surface area (Å²) in [6, 6.07) is 15.6. The topological polar surface area (TPSA) is 58.6 Å². The summed E-state index contributed by atoms with van der Waals surface area (Å²) in [4.78, 5) is 8.28. The molecule has 4 heteroatoms. The number of allylic oxidation sites excluding steroid dienone is 1. The van der Waals surface area contributed by atoms with Crippen molar-refractivity contribution in [3.63, 3.8) is 0 Å². The Bertz CT molecular complexity index is 807. The second kappa shape index (κ2) is 7.33. The lowest BCUT2D eigenvalue weighted by molar-refractivity contribution is 0.282. The molecule has 0 aliphatic rings. The molecule has 3 aromatic rings. The quantitative estimate of drug-likeness (QED) is 0.717. The lowest BCUT2D eigenvalue weighted by Gasteiger charge is -2.05. The van der Waals surface area contributed by atoms with E-state index in [-0.39, 0.29) is 6.61 Å². The number of rotatable bonds is 5. The van der Waals surface area contributed by atoms with Gasteiger partial charge in [0.15, 0.2) is 12.2 Å². The highest BCUT2D eigenvalue weighted by Gasteiger charge is 2.08. The Kier molecular flexibility index (Phi) is 4.76. The van der Waals surface area contributed by atoms with Crippen molar-refractivity contribution in [2.24, 2.45) is 4.99 Å². The van der Waals surface area contributed by atoms with Gasteiger partial charge in [-0.3, -0.25) is 4.99 Å². The number of benzene rings is 2.